The van der Waals surface area contributed by atoms with Crippen molar-refractivity contribution in [3.05, 3.63) is 0 Å². The van der Waals surface area contributed by atoms with Gasteiger partial charge in [0.2, 0.25) is 0 Å². The van der Waals surface area contributed by atoms with Crippen molar-refractivity contribution < 1.29 is 45.4 Å². The summed E-state index contributed by atoms with van der Waals surface area (Å²) in [7, 11) is 0. The van der Waals surface area contributed by atoms with E-state index < -0.39 is 37.5 Å². The molecular formula is C8H9F6NO4. The van der Waals surface area contributed by atoms with Crippen LogP contribution in [0.4, 0.5) is 26.3 Å². The number of nitrogens with one attached hydrogen (secondary N) is 1. The number of halogens is 6. The van der Waals surface area contributed by atoms with Gasteiger partial charge in [0.05, 0.1) is 0 Å². The molecule has 0 amide bonds. The van der Waals surface area contributed by atoms with Gasteiger partial charge in [-0.2, -0.15) is 26.3 Å². The Labute approximate surface area is 102 Å². The van der Waals surface area contributed by atoms with Crippen molar-refractivity contribution in [2.75, 3.05) is 26.3 Å². The predicted molar refractivity (Wildman–Crippen MR) is 46.9 cm³/mol. The Balaban J connectivity index is 3.53. The maximum Gasteiger partial charge on any atom is 0.490 e. The van der Waals surface area contributed by atoms with Crippen molar-refractivity contribution >= 4 is 11.9 Å². The summed E-state index contributed by atoms with van der Waals surface area (Å²) in [6, 6.07) is 0. The lowest BCUT2D eigenvalue weighted by molar-refractivity contribution is -0.200. The number of esters is 2. The molecule has 0 atom stereocenters. The zero-order valence-electron chi connectivity index (χ0n) is 9.23. The van der Waals surface area contributed by atoms with E-state index in [1.165, 1.54) is 0 Å². The molecule has 0 saturated heterocycles. The molecule has 0 aromatic rings. The summed E-state index contributed by atoms with van der Waals surface area (Å²) < 4.78 is 77.3. The van der Waals surface area contributed by atoms with Gasteiger partial charge < -0.3 is 14.8 Å². The molecule has 0 aliphatic rings. The van der Waals surface area contributed by atoms with Gasteiger partial charge in [-0.05, 0) is 0 Å². The van der Waals surface area contributed by atoms with Crippen molar-refractivity contribution in [3.63, 3.8) is 0 Å². The van der Waals surface area contributed by atoms with E-state index in [0.717, 1.165) is 0 Å². The van der Waals surface area contributed by atoms with Gasteiger partial charge in [0, 0.05) is 13.1 Å². The van der Waals surface area contributed by atoms with E-state index in [9.17, 15) is 35.9 Å². The molecule has 0 aromatic carbocycles. The number of hydrogen-bond donors (Lipinski definition) is 1. The molecule has 5 nitrogen and oxygen atoms in total. The molecule has 0 bridgehead atoms. The van der Waals surface area contributed by atoms with Gasteiger partial charge in [0.15, 0.2) is 0 Å². The summed E-state index contributed by atoms with van der Waals surface area (Å²) in [6.07, 6.45) is -10.2. The third-order valence-electron chi connectivity index (χ3n) is 1.49. The van der Waals surface area contributed by atoms with Crippen LogP contribution in [0.15, 0.2) is 0 Å². The lowest BCUT2D eigenvalue weighted by atomic mass is 10.6. The third kappa shape index (κ3) is 8.24. The minimum atomic E-state index is -5.10. The summed E-state index contributed by atoms with van der Waals surface area (Å²) in [6.45, 7) is -1.70. The number of carbonyl (C=O) groups excluding carboxylic acids is 2. The molecule has 11 heteroatoms. The van der Waals surface area contributed by atoms with Crippen molar-refractivity contribution in [1.29, 1.82) is 0 Å². The Hall–Kier alpha value is -1.52. The summed E-state index contributed by atoms with van der Waals surface area (Å²) in [5.74, 6) is -4.73. The molecule has 0 radical (unpaired) electrons. The first-order valence-corrected chi connectivity index (χ1v) is 4.73. The predicted octanol–water partition coefficient (Wildman–Crippen LogP) is 0.787. The van der Waals surface area contributed by atoms with Crippen LogP contribution >= 0.6 is 0 Å². The van der Waals surface area contributed by atoms with Gasteiger partial charge in [0.1, 0.15) is 13.2 Å². The SMILES string of the molecule is O=C(OCCNCCOC(=O)C(F)(F)F)C(F)(F)F. The normalized spacial score (nSPS) is 12.1. The zero-order chi connectivity index (χ0) is 15.1. The van der Waals surface area contributed by atoms with Gasteiger partial charge in [-0.25, -0.2) is 9.59 Å². The molecule has 0 fully saturated rings. The second kappa shape index (κ2) is 7.16. The molecule has 0 aliphatic carbocycles. The first-order valence-electron chi connectivity index (χ1n) is 4.73. The second-order valence-electron chi connectivity index (χ2n) is 3.02. The summed E-state index contributed by atoms with van der Waals surface area (Å²) in [4.78, 5) is 20.4. The fraction of sp³-hybridized carbons (Fsp3) is 0.750. The van der Waals surface area contributed by atoms with Crippen molar-refractivity contribution in [2.24, 2.45) is 0 Å². The molecule has 0 unspecified atom stereocenters. The third-order valence-corrected chi connectivity index (χ3v) is 1.49. The van der Waals surface area contributed by atoms with Crippen LogP contribution in [0.25, 0.3) is 0 Å². The highest BCUT2D eigenvalue weighted by Crippen LogP contribution is 2.16. The van der Waals surface area contributed by atoms with Crippen molar-refractivity contribution in [3.8, 4) is 0 Å². The Morgan fingerprint density at radius 1 is 0.789 bits per heavy atom. The first-order chi connectivity index (χ1) is 8.55. The lowest BCUT2D eigenvalue weighted by Gasteiger charge is -2.09. The topological polar surface area (TPSA) is 64.6 Å². The second-order valence-corrected chi connectivity index (χ2v) is 3.02. The average molecular weight is 297 g/mol. The van der Waals surface area contributed by atoms with E-state index in [0.29, 0.717) is 0 Å². The molecule has 112 valence electrons. The summed E-state index contributed by atoms with van der Waals surface area (Å²) in [5.41, 5.74) is 0. The maximum atomic E-state index is 11.6. The Kier molecular flexibility index (Phi) is 6.59. The zero-order valence-corrected chi connectivity index (χ0v) is 9.23. The van der Waals surface area contributed by atoms with Crippen LogP contribution in [0.2, 0.25) is 0 Å². The number of ether oxygens (including phenoxy) is 2. The molecular weight excluding hydrogens is 288 g/mol. The van der Waals surface area contributed by atoms with Crippen LogP contribution in [0.1, 0.15) is 0 Å². The van der Waals surface area contributed by atoms with Crippen LogP contribution in [0.3, 0.4) is 0 Å². The van der Waals surface area contributed by atoms with Crippen LogP contribution in [-0.2, 0) is 19.1 Å². The van der Waals surface area contributed by atoms with Crippen LogP contribution in [-0.4, -0.2) is 50.6 Å². The lowest BCUT2D eigenvalue weighted by Crippen LogP contribution is -2.32. The van der Waals surface area contributed by atoms with E-state index >= 15 is 0 Å². The maximum absolute atomic E-state index is 11.6. The summed E-state index contributed by atoms with van der Waals surface area (Å²) in [5, 5.41) is 2.31. The van der Waals surface area contributed by atoms with Crippen LogP contribution < -0.4 is 5.32 Å². The van der Waals surface area contributed by atoms with E-state index in [1.54, 1.807) is 0 Å². The molecule has 19 heavy (non-hydrogen) atoms. The molecule has 0 rings (SSSR count). The highest BCUT2D eigenvalue weighted by Gasteiger charge is 2.41. The van der Waals surface area contributed by atoms with Gasteiger partial charge in [0.25, 0.3) is 0 Å². The monoisotopic (exact) mass is 297 g/mol. The average Bonchev–Trinajstić information content (AvgIpc) is 2.24. The standard InChI is InChI=1S/C8H9F6NO4/c9-7(10,11)5(16)18-3-1-15-2-4-19-6(17)8(12,13)14/h15H,1-4H2. The fourth-order valence-corrected chi connectivity index (χ4v) is 0.720. The Morgan fingerprint density at radius 2 is 1.11 bits per heavy atom. The van der Waals surface area contributed by atoms with E-state index in [2.05, 4.69) is 14.8 Å². The van der Waals surface area contributed by atoms with Gasteiger partial charge in [-0.3, -0.25) is 0 Å². The summed E-state index contributed by atoms with van der Waals surface area (Å²) >= 11 is 0. The molecule has 0 heterocycles. The number of alkyl halides is 6. The first kappa shape index (κ1) is 17.5. The van der Waals surface area contributed by atoms with Gasteiger partial charge >= 0.3 is 24.3 Å². The molecule has 0 aromatic heterocycles. The van der Waals surface area contributed by atoms with E-state index in [1.807, 2.05) is 0 Å². The van der Waals surface area contributed by atoms with Crippen molar-refractivity contribution in [1.82, 2.24) is 5.32 Å². The molecule has 0 aliphatic heterocycles. The minimum Gasteiger partial charge on any atom is -0.458 e. The Morgan fingerprint density at radius 3 is 1.37 bits per heavy atom. The molecule has 0 spiro atoms. The van der Waals surface area contributed by atoms with Gasteiger partial charge in [-0.1, -0.05) is 0 Å². The van der Waals surface area contributed by atoms with Gasteiger partial charge in [-0.15, -0.1) is 0 Å². The largest absolute Gasteiger partial charge is 0.490 e. The molecule has 0 saturated carbocycles. The highest BCUT2D eigenvalue weighted by atomic mass is 19.4. The van der Waals surface area contributed by atoms with E-state index in [-0.39, 0.29) is 13.1 Å². The van der Waals surface area contributed by atoms with Crippen LogP contribution in [0, 0.1) is 0 Å². The van der Waals surface area contributed by atoms with E-state index in [4.69, 9.17) is 0 Å². The minimum absolute atomic E-state index is 0.231. The van der Waals surface area contributed by atoms with Crippen LogP contribution in [0.5, 0.6) is 0 Å². The Bertz CT molecular complexity index is 283. The fourth-order valence-electron chi connectivity index (χ4n) is 0.720. The highest BCUT2D eigenvalue weighted by molar-refractivity contribution is 5.75. The number of carbonyl (C=O) groups is 2. The quantitative estimate of drug-likeness (QED) is 0.446. The smallest absolute Gasteiger partial charge is 0.458 e. The molecule has 1 N–H and O–H groups in total. The van der Waals surface area contributed by atoms with Crippen molar-refractivity contribution in [2.45, 2.75) is 12.4 Å². The number of rotatable bonds is 6. The number of hydrogen-bond acceptors (Lipinski definition) is 5.